The molecule has 1 N–H and O–H groups in total. The first-order chi connectivity index (χ1) is 13.7. The van der Waals surface area contributed by atoms with Gasteiger partial charge in [0.05, 0.1) is 12.5 Å². The molecule has 1 aliphatic heterocycles. The topological polar surface area (TPSA) is 116 Å². The molecule has 0 bridgehead atoms. The van der Waals surface area contributed by atoms with Crippen LogP contribution in [0.5, 0.6) is 0 Å². The molecule has 156 valence electrons. The first-order valence-corrected chi connectivity index (χ1v) is 9.08. The Bertz CT molecular complexity index is 803. The van der Waals surface area contributed by atoms with E-state index in [1.165, 1.54) is 6.92 Å². The fourth-order valence-electron chi connectivity index (χ4n) is 3.28. The summed E-state index contributed by atoms with van der Waals surface area (Å²) in [6.45, 7) is 9.59. The molecule has 29 heavy (non-hydrogen) atoms. The molecule has 0 aromatic heterocycles. The van der Waals surface area contributed by atoms with E-state index in [0.29, 0.717) is 24.7 Å². The lowest BCUT2D eigenvalue weighted by Crippen LogP contribution is -2.45. The lowest BCUT2D eigenvalue weighted by Gasteiger charge is -2.33. The minimum absolute atomic E-state index is 0.00558. The van der Waals surface area contributed by atoms with Crippen molar-refractivity contribution < 1.29 is 38.5 Å². The van der Waals surface area contributed by atoms with Gasteiger partial charge in [0.25, 0.3) is 0 Å². The Morgan fingerprint density at radius 2 is 2.03 bits per heavy atom. The van der Waals surface area contributed by atoms with E-state index in [4.69, 9.17) is 14.2 Å². The molecule has 8 heteroatoms. The van der Waals surface area contributed by atoms with Crippen molar-refractivity contribution in [3.8, 4) is 0 Å². The van der Waals surface area contributed by atoms with Crippen molar-refractivity contribution in [2.75, 3.05) is 6.61 Å². The second-order valence-electron chi connectivity index (χ2n) is 6.94. The predicted molar refractivity (Wildman–Crippen MR) is 101 cm³/mol. The van der Waals surface area contributed by atoms with E-state index in [1.807, 2.05) is 0 Å². The molecular formula is C21H24O8. The van der Waals surface area contributed by atoms with E-state index in [-0.39, 0.29) is 23.3 Å². The molecule has 1 aliphatic carbocycles. The van der Waals surface area contributed by atoms with Gasteiger partial charge in [0.1, 0.15) is 12.4 Å². The molecule has 0 spiro atoms. The van der Waals surface area contributed by atoms with Gasteiger partial charge in [0.2, 0.25) is 0 Å². The summed E-state index contributed by atoms with van der Waals surface area (Å²) in [6, 6.07) is 0. The summed E-state index contributed by atoms with van der Waals surface area (Å²) >= 11 is 0. The number of allylic oxidation sites excluding steroid dienone is 1. The van der Waals surface area contributed by atoms with Gasteiger partial charge in [-0.25, -0.2) is 9.59 Å². The lowest BCUT2D eigenvalue weighted by atomic mass is 9.83. The maximum absolute atomic E-state index is 12.3. The number of esters is 3. The molecule has 0 amide bonds. The van der Waals surface area contributed by atoms with Crippen LogP contribution in [0.1, 0.15) is 26.7 Å². The highest BCUT2D eigenvalue weighted by Gasteiger charge is 2.49. The Labute approximate surface area is 168 Å². The molecule has 0 aromatic rings. The van der Waals surface area contributed by atoms with Crippen LogP contribution in [0.15, 0.2) is 47.6 Å². The summed E-state index contributed by atoms with van der Waals surface area (Å²) in [4.78, 5) is 48.0. The van der Waals surface area contributed by atoms with Crippen molar-refractivity contribution >= 4 is 24.2 Å². The van der Waals surface area contributed by atoms with E-state index >= 15 is 0 Å². The highest BCUT2D eigenvalue weighted by atomic mass is 16.6. The zero-order valence-electron chi connectivity index (χ0n) is 16.4. The number of aldehydes is 1. The fourth-order valence-corrected chi connectivity index (χ4v) is 3.28. The van der Waals surface area contributed by atoms with Gasteiger partial charge in [0.15, 0.2) is 12.2 Å². The maximum atomic E-state index is 12.3. The second-order valence-corrected chi connectivity index (χ2v) is 6.94. The van der Waals surface area contributed by atoms with Crippen molar-refractivity contribution in [1.29, 1.82) is 0 Å². The molecule has 0 saturated carbocycles. The van der Waals surface area contributed by atoms with E-state index in [9.17, 15) is 24.3 Å². The van der Waals surface area contributed by atoms with E-state index < -0.39 is 42.1 Å². The molecule has 4 atom stereocenters. The molecule has 1 fully saturated rings. The number of aliphatic hydroxyl groups is 1. The van der Waals surface area contributed by atoms with Crippen LogP contribution >= 0.6 is 0 Å². The van der Waals surface area contributed by atoms with E-state index in [0.717, 1.165) is 6.92 Å². The van der Waals surface area contributed by atoms with Gasteiger partial charge >= 0.3 is 17.9 Å². The zero-order valence-corrected chi connectivity index (χ0v) is 16.4. The zero-order chi connectivity index (χ0) is 21.7. The summed E-state index contributed by atoms with van der Waals surface area (Å²) in [5, 5.41) is 9.61. The average molecular weight is 404 g/mol. The number of carbonyl (C=O) groups excluding carboxylic acids is 4. The van der Waals surface area contributed by atoms with Crippen LogP contribution in [0.3, 0.4) is 0 Å². The highest BCUT2D eigenvalue weighted by molar-refractivity contribution is 5.92. The smallest absolute Gasteiger partial charge is 0.334 e. The summed E-state index contributed by atoms with van der Waals surface area (Å²) in [5.41, 5.74) is 0.745. The standard InChI is InChI=1S/C21H24O8/c1-11(2)20(25)29-19-17-12(3)21(26)28-16(17)8-14(9-22)6-5-7-15(10-23)18(19)27-13(4)24/h7-8,10,16-19,22H,1,3,5-6,9H2,2,4H3/b14-8-,15-7-/t16-,17+,18+,19-/m1/s1. The maximum Gasteiger partial charge on any atom is 0.334 e. The monoisotopic (exact) mass is 404 g/mol. The van der Waals surface area contributed by atoms with Crippen LogP contribution in [0, 0.1) is 5.92 Å². The van der Waals surface area contributed by atoms with Crippen molar-refractivity contribution in [3.05, 3.63) is 47.6 Å². The largest absolute Gasteiger partial charge is 0.454 e. The van der Waals surface area contributed by atoms with Gasteiger partial charge < -0.3 is 19.3 Å². The van der Waals surface area contributed by atoms with Crippen LogP contribution in [0.4, 0.5) is 0 Å². The number of fused-ring (bicyclic) bond motifs is 1. The molecule has 0 aromatic carbocycles. The third-order valence-electron chi connectivity index (χ3n) is 4.71. The SMILES string of the molecule is C=C(C)C(=O)O[C@@H]1[C@H]2C(=C)C(=O)O[C@@H]2/C=C(\CO)CC/C=C(/C=O)[C@@H]1OC(C)=O. The fraction of sp³-hybridized carbons (Fsp3) is 0.429. The quantitative estimate of drug-likeness (QED) is 0.240. The van der Waals surface area contributed by atoms with Crippen LogP contribution in [-0.4, -0.2) is 54.2 Å². The van der Waals surface area contributed by atoms with E-state index in [1.54, 1.807) is 12.2 Å². The Kier molecular flexibility index (Phi) is 7.28. The molecular weight excluding hydrogens is 380 g/mol. The van der Waals surface area contributed by atoms with Gasteiger partial charge in [-0.15, -0.1) is 0 Å². The Hall–Kier alpha value is -3.00. The molecule has 2 aliphatic rings. The van der Waals surface area contributed by atoms with Gasteiger partial charge in [-0.1, -0.05) is 19.2 Å². The first-order valence-electron chi connectivity index (χ1n) is 9.08. The van der Waals surface area contributed by atoms with Crippen molar-refractivity contribution in [3.63, 3.8) is 0 Å². The molecule has 1 saturated heterocycles. The van der Waals surface area contributed by atoms with Gasteiger partial charge in [-0.3, -0.25) is 9.59 Å². The minimum atomic E-state index is -1.27. The molecule has 8 nitrogen and oxygen atoms in total. The van der Waals surface area contributed by atoms with Gasteiger partial charge in [-0.05, 0) is 31.4 Å². The molecule has 1 heterocycles. The number of carbonyl (C=O) groups is 4. The van der Waals surface area contributed by atoms with E-state index in [2.05, 4.69) is 13.2 Å². The highest BCUT2D eigenvalue weighted by Crippen LogP contribution is 2.37. The summed E-state index contributed by atoms with van der Waals surface area (Å²) in [5.74, 6) is -3.12. The van der Waals surface area contributed by atoms with Crippen LogP contribution < -0.4 is 0 Å². The molecule has 2 rings (SSSR count). The third kappa shape index (κ3) is 5.08. The second kappa shape index (κ2) is 9.47. The Morgan fingerprint density at radius 3 is 2.59 bits per heavy atom. The summed E-state index contributed by atoms with van der Waals surface area (Å²) in [7, 11) is 0. The minimum Gasteiger partial charge on any atom is -0.454 e. The predicted octanol–water partition coefficient (Wildman–Crippen LogP) is 1.34. The normalized spacial score (nSPS) is 30.6. The van der Waals surface area contributed by atoms with Crippen LogP contribution in [-0.2, 0) is 33.4 Å². The number of aliphatic hydroxyl groups excluding tert-OH is 1. The Morgan fingerprint density at radius 1 is 1.34 bits per heavy atom. The molecule has 0 radical (unpaired) electrons. The lowest BCUT2D eigenvalue weighted by molar-refractivity contribution is -0.166. The third-order valence-corrected chi connectivity index (χ3v) is 4.71. The number of ether oxygens (including phenoxy) is 3. The number of hydrogen-bond acceptors (Lipinski definition) is 8. The van der Waals surface area contributed by atoms with Crippen molar-refractivity contribution in [2.24, 2.45) is 5.92 Å². The van der Waals surface area contributed by atoms with Crippen LogP contribution in [0.25, 0.3) is 0 Å². The number of hydrogen-bond donors (Lipinski definition) is 1. The van der Waals surface area contributed by atoms with Crippen molar-refractivity contribution in [1.82, 2.24) is 0 Å². The van der Waals surface area contributed by atoms with Gasteiger partial charge in [0, 0.05) is 23.6 Å². The van der Waals surface area contributed by atoms with Crippen LogP contribution in [0.2, 0.25) is 0 Å². The first kappa shape index (κ1) is 22.3. The average Bonchev–Trinajstić information content (AvgIpc) is 2.93. The van der Waals surface area contributed by atoms with Gasteiger partial charge in [-0.2, -0.15) is 0 Å². The number of rotatable bonds is 5. The summed E-state index contributed by atoms with van der Waals surface area (Å²) < 4.78 is 16.2. The van der Waals surface area contributed by atoms with Crippen molar-refractivity contribution in [2.45, 2.75) is 45.0 Å². The summed E-state index contributed by atoms with van der Waals surface area (Å²) in [6.07, 6.45) is 0.932. The molecule has 0 unspecified atom stereocenters. The Balaban J connectivity index is 2.65.